The van der Waals surface area contributed by atoms with Crippen LogP contribution < -0.4 is 0 Å². The molecule has 2 rings (SSSR count). The number of nitriles is 1. The molecule has 0 bridgehead atoms. The van der Waals surface area contributed by atoms with Crippen LogP contribution in [0.5, 0.6) is 0 Å². The fraction of sp³-hybridized carbons (Fsp3) is 0.316. The summed E-state index contributed by atoms with van der Waals surface area (Å²) in [6.45, 7) is 2.18. The van der Waals surface area contributed by atoms with Gasteiger partial charge in [-0.25, -0.2) is 8.78 Å². The van der Waals surface area contributed by atoms with Gasteiger partial charge in [0.05, 0.1) is 17.2 Å². The Morgan fingerprint density at radius 1 is 0.955 bits per heavy atom. The molecule has 0 aliphatic carbocycles. The van der Waals surface area contributed by atoms with Gasteiger partial charge in [-0.15, -0.1) is 0 Å². The normalized spacial score (nSPS) is 10.5. The lowest BCUT2D eigenvalue weighted by atomic mass is 9.99. The Hall–Kier alpha value is -2.21. The van der Waals surface area contributed by atoms with Crippen LogP contribution in [0.4, 0.5) is 8.78 Å². The minimum atomic E-state index is -0.702. The molecule has 0 aliphatic rings. The maximum absolute atomic E-state index is 14.0. The van der Waals surface area contributed by atoms with Gasteiger partial charge < -0.3 is 0 Å². The van der Waals surface area contributed by atoms with Gasteiger partial charge in [0.2, 0.25) is 0 Å². The quantitative estimate of drug-likeness (QED) is 0.634. The fourth-order valence-electron chi connectivity index (χ4n) is 2.51. The molecule has 0 fully saturated rings. The maximum Gasteiger partial charge on any atom is 0.135 e. The van der Waals surface area contributed by atoms with Crippen molar-refractivity contribution in [2.24, 2.45) is 0 Å². The predicted octanol–water partition coefficient (Wildman–Crippen LogP) is 5.63. The largest absolute Gasteiger partial charge is 0.206 e. The number of halogens is 2. The van der Waals surface area contributed by atoms with Crippen LogP contribution in [-0.4, -0.2) is 0 Å². The first-order chi connectivity index (χ1) is 10.7. The highest BCUT2D eigenvalue weighted by molar-refractivity contribution is 5.66. The standard InChI is InChI=1S/C19H19F2N/c1-2-3-4-5-6-14-7-9-16(10-8-14)19-17(20)11-15(13-22)12-18(19)21/h7-12H,2-6H2,1H3. The van der Waals surface area contributed by atoms with Gasteiger partial charge in [0.1, 0.15) is 11.6 Å². The summed E-state index contributed by atoms with van der Waals surface area (Å²) in [5.41, 5.74) is 1.59. The topological polar surface area (TPSA) is 23.8 Å². The number of unbranched alkanes of at least 4 members (excludes halogenated alkanes) is 3. The van der Waals surface area contributed by atoms with Gasteiger partial charge in [0, 0.05) is 0 Å². The van der Waals surface area contributed by atoms with E-state index in [2.05, 4.69) is 6.92 Å². The Labute approximate surface area is 130 Å². The van der Waals surface area contributed by atoms with E-state index in [1.807, 2.05) is 12.1 Å². The molecule has 0 amide bonds. The lowest BCUT2D eigenvalue weighted by Gasteiger charge is -2.07. The minimum absolute atomic E-state index is 0.00806. The summed E-state index contributed by atoms with van der Waals surface area (Å²) in [7, 11) is 0. The third kappa shape index (κ3) is 3.92. The molecule has 1 nitrogen and oxygen atoms in total. The molecule has 3 heteroatoms. The van der Waals surface area contributed by atoms with Crippen molar-refractivity contribution in [3.05, 3.63) is 59.2 Å². The number of hydrogen-bond donors (Lipinski definition) is 0. The van der Waals surface area contributed by atoms with Gasteiger partial charge in [-0.2, -0.15) is 5.26 Å². The number of rotatable bonds is 6. The lowest BCUT2D eigenvalue weighted by molar-refractivity contribution is 0.589. The summed E-state index contributed by atoms with van der Waals surface area (Å²) in [5.74, 6) is -1.40. The predicted molar refractivity (Wildman–Crippen MR) is 84.4 cm³/mol. The van der Waals surface area contributed by atoms with Crippen molar-refractivity contribution in [1.29, 1.82) is 5.26 Å². The van der Waals surface area contributed by atoms with Crippen LogP contribution in [0.2, 0.25) is 0 Å². The van der Waals surface area contributed by atoms with E-state index in [1.165, 1.54) is 24.8 Å². The molecular weight excluding hydrogens is 280 g/mol. The van der Waals surface area contributed by atoms with Crippen LogP contribution >= 0.6 is 0 Å². The molecule has 0 unspecified atom stereocenters. The van der Waals surface area contributed by atoms with Crippen molar-refractivity contribution in [2.75, 3.05) is 0 Å². The van der Waals surface area contributed by atoms with Gasteiger partial charge in [-0.1, -0.05) is 50.5 Å². The van der Waals surface area contributed by atoms with Crippen LogP contribution in [0.25, 0.3) is 11.1 Å². The molecule has 0 heterocycles. The second-order valence-corrected chi connectivity index (χ2v) is 5.43. The minimum Gasteiger partial charge on any atom is -0.206 e. The van der Waals surface area contributed by atoms with Crippen LogP contribution in [0, 0.1) is 23.0 Å². The summed E-state index contributed by atoms with van der Waals surface area (Å²) < 4.78 is 28.0. The number of hydrogen-bond acceptors (Lipinski definition) is 1. The molecule has 2 aromatic rings. The second kappa shape index (κ2) is 7.70. The van der Waals surface area contributed by atoms with E-state index in [0.29, 0.717) is 5.56 Å². The Balaban J connectivity index is 2.16. The van der Waals surface area contributed by atoms with E-state index < -0.39 is 11.6 Å². The van der Waals surface area contributed by atoms with Gasteiger partial charge >= 0.3 is 0 Å². The van der Waals surface area contributed by atoms with E-state index in [9.17, 15) is 8.78 Å². The lowest BCUT2D eigenvalue weighted by Crippen LogP contribution is -1.93. The Morgan fingerprint density at radius 2 is 1.59 bits per heavy atom. The second-order valence-electron chi connectivity index (χ2n) is 5.43. The highest BCUT2D eigenvalue weighted by atomic mass is 19.1. The highest BCUT2D eigenvalue weighted by Gasteiger charge is 2.13. The van der Waals surface area contributed by atoms with E-state index in [4.69, 9.17) is 5.26 Å². The van der Waals surface area contributed by atoms with Gasteiger partial charge in [-0.3, -0.25) is 0 Å². The average Bonchev–Trinajstić information content (AvgIpc) is 2.52. The molecule has 0 N–H and O–H groups in total. The first-order valence-corrected chi connectivity index (χ1v) is 7.64. The summed E-state index contributed by atoms with van der Waals surface area (Å²) in [6, 6.07) is 11.2. The summed E-state index contributed by atoms with van der Waals surface area (Å²) >= 11 is 0. The average molecular weight is 299 g/mol. The Bertz CT molecular complexity index is 646. The molecule has 2 aromatic carbocycles. The van der Waals surface area contributed by atoms with Crippen molar-refractivity contribution >= 4 is 0 Å². The van der Waals surface area contributed by atoms with Crippen molar-refractivity contribution in [1.82, 2.24) is 0 Å². The van der Waals surface area contributed by atoms with Crippen molar-refractivity contribution in [2.45, 2.75) is 39.0 Å². The molecule has 0 spiro atoms. The molecular formula is C19H19F2N. The van der Waals surface area contributed by atoms with E-state index in [1.54, 1.807) is 18.2 Å². The van der Waals surface area contributed by atoms with Crippen LogP contribution in [0.15, 0.2) is 36.4 Å². The summed E-state index contributed by atoms with van der Waals surface area (Å²) in [5, 5.41) is 8.72. The third-order valence-electron chi connectivity index (χ3n) is 3.73. The molecule has 0 atom stereocenters. The third-order valence-corrected chi connectivity index (χ3v) is 3.73. The van der Waals surface area contributed by atoms with E-state index in [-0.39, 0.29) is 11.1 Å². The Kier molecular flexibility index (Phi) is 5.66. The van der Waals surface area contributed by atoms with Crippen molar-refractivity contribution < 1.29 is 8.78 Å². The first-order valence-electron chi connectivity index (χ1n) is 7.64. The smallest absolute Gasteiger partial charge is 0.135 e. The monoisotopic (exact) mass is 299 g/mol. The van der Waals surface area contributed by atoms with E-state index in [0.717, 1.165) is 25.0 Å². The van der Waals surface area contributed by atoms with Gasteiger partial charge in [0.25, 0.3) is 0 Å². The number of benzene rings is 2. The maximum atomic E-state index is 14.0. The van der Waals surface area contributed by atoms with Crippen molar-refractivity contribution in [3.63, 3.8) is 0 Å². The molecule has 0 radical (unpaired) electrons. The molecule has 0 saturated carbocycles. The van der Waals surface area contributed by atoms with E-state index >= 15 is 0 Å². The van der Waals surface area contributed by atoms with Gasteiger partial charge in [0.15, 0.2) is 0 Å². The molecule has 22 heavy (non-hydrogen) atoms. The summed E-state index contributed by atoms with van der Waals surface area (Å²) in [6.07, 6.45) is 5.76. The van der Waals surface area contributed by atoms with Crippen molar-refractivity contribution in [3.8, 4) is 17.2 Å². The molecule has 0 aromatic heterocycles. The van der Waals surface area contributed by atoms with Crippen LogP contribution in [0.3, 0.4) is 0 Å². The number of aryl methyl sites for hydroxylation is 1. The zero-order valence-electron chi connectivity index (χ0n) is 12.7. The Morgan fingerprint density at radius 3 is 2.14 bits per heavy atom. The first kappa shape index (κ1) is 16.2. The zero-order valence-corrected chi connectivity index (χ0v) is 12.7. The van der Waals surface area contributed by atoms with Gasteiger partial charge in [-0.05, 0) is 36.1 Å². The zero-order chi connectivity index (χ0) is 15.9. The molecule has 114 valence electrons. The van der Waals surface area contributed by atoms with Crippen LogP contribution in [-0.2, 0) is 6.42 Å². The molecule has 0 saturated heterocycles. The summed E-state index contributed by atoms with van der Waals surface area (Å²) in [4.78, 5) is 0. The fourth-order valence-corrected chi connectivity index (χ4v) is 2.51. The number of nitrogens with zero attached hydrogens (tertiary/aromatic N) is 1. The molecule has 0 aliphatic heterocycles. The SMILES string of the molecule is CCCCCCc1ccc(-c2c(F)cc(C#N)cc2F)cc1. The highest BCUT2D eigenvalue weighted by Crippen LogP contribution is 2.27. The van der Waals surface area contributed by atoms with Crippen LogP contribution in [0.1, 0.15) is 43.7 Å².